The van der Waals surface area contributed by atoms with Crippen LogP contribution in [0.25, 0.3) is 88.8 Å². The number of benzene rings is 9. The van der Waals surface area contributed by atoms with Gasteiger partial charge in [0.05, 0.1) is 27.6 Å². The lowest BCUT2D eigenvalue weighted by atomic mass is 9.93. The molecule has 3 aromatic heterocycles. The largest absolute Gasteiger partial charge is 0.313 e. The monoisotopic (exact) mass is 818 g/mol. The smallest absolute Gasteiger partial charge is 0.0547 e. The Hall–Kier alpha value is -8.34. The number of allylic oxidation sites excluding steroid dienone is 1. The van der Waals surface area contributed by atoms with E-state index < -0.39 is 0 Å². The van der Waals surface area contributed by atoms with Crippen LogP contribution in [0, 0.1) is 0 Å². The number of nitrogens with zero attached hydrogens (tertiary/aromatic N) is 4. The van der Waals surface area contributed by atoms with Gasteiger partial charge in [0.15, 0.2) is 0 Å². The molecule has 13 rings (SSSR count). The first kappa shape index (κ1) is 36.3. The molecule has 0 unspecified atom stereocenters. The molecule has 1 aliphatic rings. The minimum absolute atomic E-state index is 0.965. The van der Waals surface area contributed by atoms with Crippen LogP contribution < -0.4 is 4.90 Å². The fourth-order valence-electron chi connectivity index (χ4n) is 10.6. The van der Waals surface area contributed by atoms with Crippen molar-refractivity contribution in [3.8, 4) is 28.2 Å². The molecule has 0 aliphatic heterocycles. The van der Waals surface area contributed by atoms with Crippen LogP contribution in [0.1, 0.15) is 17.7 Å². The highest BCUT2D eigenvalue weighted by Gasteiger charge is 2.25. The van der Waals surface area contributed by atoms with E-state index in [0.717, 1.165) is 41.3 Å². The SMILES string of the molecule is C1=Cc2c(n(-c3cccc(N(c4ccccc4)c4ccc5c(c4)c4ccccc4n5-c4ccccc4)c3)c3cccc(-c4cccc5c4c4ccccc4n5-c4ccccc4)c23)CC1. The number of fused-ring (bicyclic) bond motifs is 9. The quantitative estimate of drug-likeness (QED) is 0.157. The maximum atomic E-state index is 2.54. The normalized spacial score (nSPS) is 12.5. The van der Waals surface area contributed by atoms with Crippen LogP contribution in [0.3, 0.4) is 0 Å². The van der Waals surface area contributed by atoms with Gasteiger partial charge < -0.3 is 18.6 Å². The van der Waals surface area contributed by atoms with E-state index in [9.17, 15) is 0 Å². The number of hydrogen-bond acceptors (Lipinski definition) is 1. The molecule has 9 aromatic carbocycles. The van der Waals surface area contributed by atoms with Gasteiger partial charge in [-0.25, -0.2) is 0 Å². The molecule has 3 heterocycles. The molecule has 302 valence electrons. The van der Waals surface area contributed by atoms with Gasteiger partial charge in [-0.3, -0.25) is 0 Å². The van der Waals surface area contributed by atoms with Gasteiger partial charge in [-0.2, -0.15) is 0 Å². The van der Waals surface area contributed by atoms with Gasteiger partial charge in [0.25, 0.3) is 0 Å². The van der Waals surface area contributed by atoms with Crippen molar-refractivity contribution in [3.63, 3.8) is 0 Å². The zero-order chi connectivity index (χ0) is 42.1. The summed E-state index contributed by atoms with van der Waals surface area (Å²) in [7, 11) is 0. The third-order valence-electron chi connectivity index (χ3n) is 13.3. The zero-order valence-corrected chi connectivity index (χ0v) is 35.1. The van der Waals surface area contributed by atoms with Gasteiger partial charge in [0, 0.05) is 72.3 Å². The summed E-state index contributed by atoms with van der Waals surface area (Å²) in [5, 5.41) is 6.29. The van der Waals surface area contributed by atoms with Crippen molar-refractivity contribution in [2.45, 2.75) is 12.8 Å². The molecule has 0 saturated carbocycles. The lowest BCUT2D eigenvalue weighted by Gasteiger charge is -2.26. The topological polar surface area (TPSA) is 18.0 Å². The lowest BCUT2D eigenvalue weighted by molar-refractivity contribution is 0.888. The first-order chi connectivity index (χ1) is 31.8. The summed E-state index contributed by atoms with van der Waals surface area (Å²) >= 11 is 0. The van der Waals surface area contributed by atoms with Gasteiger partial charge >= 0.3 is 0 Å². The Morgan fingerprint density at radius 3 is 1.59 bits per heavy atom. The van der Waals surface area contributed by atoms with Gasteiger partial charge in [-0.15, -0.1) is 0 Å². The summed E-state index contributed by atoms with van der Waals surface area (Å²) in [6.45, 7) is 0. The standard InChI is InChI=1S/C60H42N4/c1-4-19-41(20-5-1)61(46-37-38-56-52(40-46)47-27-10-13-32-53(47)62(56)42-21-6-2-7-22-42)44-25-16-26-45(39-44)64-55-34-15-12-29-51(55)60-49(31-18-36-58(60)64)48-30-17-35-57-59(48)50-28-11-14-33-54(50)63(57)43-23-8-3-9-24-43/h1-14,16-33,35-40H,15,34H2. The summed E-state index contributed by atoms with van der Waals surface area (Å²) in [5.74, 6) is 0. The molecule has 0 radical (unpaired) electrons. The summed E-state index contributed by atoms with van der Waals surface area (Å²) in [6, 6.07) is 79.6. The molecule has 0 spiro atoms. The predicted molar refractivity (Wildman–Crippen MR) is 269 cm³/mol. The minimum Gasteiger partial charge on any atom is -0.313 e. The third kappa shape index (κ3) is 5.56. The molecule has 4 heteroatoms. The number of anilines is 3. The van der Waals surface area contributed by atoms with Crippen molar-refractivity contribution in [3.05, 3.63) is 236 Å². The predicted octanol–water partition coefficient (Wildman–Crippen LogP) is 15.9. The molecule has 0 saturated heterocycles. The first-order valence-corrected chi connectivity index (χ1v) is 22.3. The molecule has 0 N–H and O–H groups in total. The van der Waals surface area contributed by atoms with E-state index >= 15 is 0 Å². The summed E-state index contributed by atoms with van der Waals surface area (Å²) in [6.07, 6.45) is 6.69. The Morgan fingerprint density at radius 2 is 0.859 bits per heavy atom. The minimum atomic E-state index is 0.965. The molecule has 0 amide bonds. The average molecular weight is 819 g/mol. The van der Waals surface area contributed by atoms with E-state index in [-0.39, 0.29) is 0 Å². The Labute approximate surface area is 371 Å². The second kappa shape index (κ2) is 14.6. The van der Waals surface area contributed by atoms with Crippen molar-refractivity contribution < 1.29 is 0 Å². The van der Waals surface area contributed by atoms with E-state index in [0.29, 0.717) is 0 Å². The highest BCUT2D eigenvalue weighted by atomic mass is 15.1. The number of hydrogen-bond donors (Lipinski definition) is 0. The first-order valence-electron chi connectivity index (χ1n) is 22.3. The molecule has 12 aromatic rings. The number of aromatic nitrogens is 3. The Kier molecular flexibility index (Phi) is 8.31. The maximum absolute atomic E-state index is 2.54. The van der Waals surface area contributed by atoms with E-state index in [1.807, 2.05) is 0 Å². The van der Waals surface area contributed by atoms with Gasteiger partial charge in [0.1, 0.15) is 0 Å². The van der Waals surface area contributed by atoms with Crippen molar-refractivity contribution in [1.82, 2.24) is 13.7 Å². The van der Waals surface area contributed by atoms with E-state index in [1.165, 1.54) is 82.6 Å². The van der Waals surface area contributed by atoms with Crippen molar-refractivity contribution in [2.24, 2.45) is 0 Å². The molecule has 0 bridgehead atoms. The molecule has 1 aliphatic carbocycles. The van der Waals surface area contributed by atoms with Gasteiger partial charge in [-0.1, -0.05) is 133 Å². The van der Waals surface area contributed by atoms with Crippen LogP contribution in [0.5, 0.6) is 0 Å². The van der Waals surface area contributed by atoms with Crippen LogP contribution in [-0.4, -0.2) is 13.7 Å². The molecular formula is C60H42N4. The van der Waals surface area contributed by atoms with E-state index in [2.05, 4.69) is 249 Å². The van der Waals surface area contributed by atoms with Crippen molar-refractivity contribution >= 4 is 77.7 Å². The van der Waals surface area contributed by atoms with Gasteiger partial charge in [0.2, 0.25) is 0 Å². The second-order valence-electron chi connectivity index (χ2n) is 16.8. The van der Waals surface area contributed by atoms with Crippen LogP contribution >= 0.6 is 0 Å². The van der Waals surface area contributed by atoms with Crippen molar-refractivity contribution in [1.29, 1.82) is 0 Å². The van der Waals surface area contributed by atoms with E-state index in [1.54, 1.807) is 0 Å². The van der Waals surface area contributed by atoms with Crippen LogP contribution in [-0.2, 0) is 6.42 Å². The molecule has 0 atom stereocenters. The summed E-state index contributed by atoms with van der Waals surface area (Å²) in [4.78, 5) is 2.41. The lowest BCUT2D eigenvalue weighted by Crippen LogP contribution is -2.11. The van der Waals surface area contributed by atoms with E-state index in [4.69, 9.17) is 0 Å². The molecule has 0 fully saturated rings. The zero-order valence-electron chi connectivity index (χ0n) is 35.1. The molecular weight excluding hydrogens is 777 g/mol. The second-order valence-corrected chi connectivity index (χ2v) is 16.8. The van der Waals surface area contributed by atoms with Crippen LogP contribution in [0.4, 0.5) is 17.1 Å². The molecule has 64 heavy (non-hydrogen) atoms. The number of para-hydroxylation sites is 5. The van der Waals surface area contributed by atoms with Crippen LogP contribution in [0.15, 0.2) is 224 Å². The Morgan fingerprint density at radius 1 is 0.344 bits per heavy atom. The highest BCUT2D eigenvalue weighted by Crippen LogP contribution is 2.46. The summed E-state index contributed by atoms with van der Waals surface area (Å²) < 4.78 is 7.33. The third-order valence-corrected chi connectivity index (χ3v) is 13.3. The van der Waals surface area contributed by atoms with Gasteiger partial charge in [-0.05, 0) is 121 Å². The Balaban J connectivity index is 1.00. The average Bonchev–Trinajstić information content (AvgIpc) is 4.01. The Bertz CT molecular complexity index is 3780. The highest BCUT2D eigenvalue weighted by molar-refractivity contribution is 6.19. The fraction of sp³-hybridized carbons (Fsp3) is 0.0333. The molecule has 4 nitrogen and oxygen atoms in total. The fourth-order valence-corrected chi connectivity index (χ4v) is 10.6. The summed E-state index contributed by atoms with van der Waals surface area (Å²) in [5.41, 5.74) is 18.0. The van der Waals surface area contributed by atoms with Crippen molar-refractivity contribution in [2.75, 3.05) is 4.90 Å². The van der Waals surface area contributed by atoms with Crippen LogP contribution in [0.2, 0.25) is 0 Å². The number of rotatable bonds is 7. The maximum Gasteiger partial charge on any atom is 0.0547 e.